The molecule has 21 heavy (non-hydrogen) atoms. The summed E-state index contributed by atoms with van der Waals surface area (Å²) < 4.78 is 10.4. The summed E-state index contributed by atoms with van der Waals surface area (Å²) in [7, 11) is 4.47. The highest BCUT2D eigenvalue weighted by Crippen LogP contribution is 2.26. The zero-order valence-corrected chi connectivity index (χ0v) is 13.2. The summed E-state index contributed by atoms with van der Waals surface area (Å²) in [5.74, 6) is 0.236. The lowest BCUT2D eigenvalue weighted by Gasteiger charge is -2.25. The second-order valence-electron chi connectivity index (χ2n) is 5.34. The molecule has 0 aromatic carbocycles. The molecule has 7 heteroatoms. The van der Waals surface area contributed by atoms with E-state index in [0.717, 1.165) is 0 Å². The standard InChI is InChI=1S/C14H21N3O4/c1-14(2,3)21-13(19)17(5)11-10(20-6)8-7-9(16-11)12(18)15-4/h7-8H,1-6H3,(H,15,18). The van der Waals surface area contributed by atoms with Crippen molar-refractivity contribution in [2.24, 2.45) is 0 Å². The van der Waals surface area contributed by atoms with Crippen molar-refractivity contribution < 1.29 is 19.1 Å². The van der Waals surface area contributed by atoms with Crippen molar-refractivity contribution >= 4 is 17.8 Å². The van der Waals surface area contributed by atoms with Crippen LogP contribution in [0.4, 0.5) is 10.6 Å². The summed E-state index contributed by atoms with van der Waals surface area (Å²) in [6.07, 6.45) is -0.581. The van der Waals surface area contributed by atoms with Crippen molar-refractivity contribution in [2.45, 2.75) is 26.4 Å². The number of amides is 2. The first kappa shape index (κ1) is 16.7. The molecule has 0 aliphatic heterocycles. The van der Waals surface area contributed by atoms with Crippen molar-refractivity contribution in [3.05, 3.63) is 17.8 Å². The fourth-order valence-corrected chi connectivity index (χ4v) is 1.51. The molecule has 1 heterocycles. The lowest BCUT2D eigenvalue weighted by atomic mass is 10.2. The quantitative estimate of drug-likeness (QED) is 0.920. The normalized spacial score (nSPS) is 10.8. The molecule has 1 aromatic rings. The summed E-state index contributed by atoms with van der Waals surface area (Å²) in [4.78, 5) is 29.1. The second kappa shape index (κ2) is 6.43. The third kappa shape index (κ3) is 4.34. The summed E-state index contributed by atoms with van der Waals surface area (Å²) in [6, 6.07) is 3.10. The Balaban J connectivity index is 3.14. The van der Waals surface area contributed by atoms with Gasteiger partial charge >= 0.3 is 6.09 Å². The number of nitrogens with zero attached hydrogens (tertiary/aromatic N) is 2. The van der Waals surface area contributed by atoms with Gasteiger partial charge in [0.25, 0.3) is 5.91 Å². The van der Waals surface area contributed by atoms with Gasteiger partial charge in [-0.3, -0.25) is 9.69 Å². The highest BCUT2D eigenvalue weighted by Gasteiger charge is 2.24. The lowest BCUT2D eigenvalue weighted by Crippen LogP contribution is -2.35. The van der Waals surface area contributed by atoms with E-state index in [2.05, 4.69) is 10.3 Å². The highest BCUT2D eigenvalue weighted by molar-refractivity contribution is 5.94. The Bertz CT molecular complexity index is 538. The summed E-state index contributed by atoms with van der Waals surface area (Å²) in [5, 5.41) is 2.48. The van der Waals surface area contributed by atoms with E-state index in [1.165, 1.54) is 32.2 Å². The average Bonchev–Trinajstić information content (AvgIpc) is 2.43. The number of hydrogen-bond acceptors (Lipinski definition) is 5. The maximum absolute atomic E-state index is 12.1. The van der Waals surface area contributed by atoms with Gasteiger partial charge in [-0.25, -0.2) is 9.78 Å². The van der Waals surface area contributed by atoms with Gasteiger partial charge in [-0.1, -0.05) is 0 Å². The third-order valence-corrected chi connectivity index (χ3v) is 2.50. The first-order valence-corrected chi connectivity index (χ1v) is 6.43. The van der Waals surface area contributed by atoms with Crippen LogP contribution in [0.2, 0.25) is 0 Å². The number of rotatable bonds is 3. The molecule has 0 unspecified atom stereocenters. The molecule has 0 aliphatic carbocycles. The van der Waals surface area contributed by atoms with Crippen molar-refractivity contribution in [1.82, 2.24) is 10.3 Å². The SMILES string of the molecule is CNC(=O)c1ccc(OC)c(N(C)C(=O)OC(C)(C)C)n1. The zero-order chi connectivity index (χ0) is 16.2. The van der Waals surface area contributed by atoms with E-state index in [1.54, 1.807) is 26.8 Å². The average molecular weight is 295 g/mol. The highest BCUT2D eigenvalue weighted by atomic mass is 16.6. The first-order valence-electron chi connectivity index (χ1n) is 6.43. The third-order valence-electron chi connectivity index (χ3n) is 2.50. The Morgan fingerprint density at radius 1 is 1.29 bits per heavy atom. The smallest absolute Gasteiger partial charge is 0.415 e. The molecule has 1 aromatic heterocycles. The maximum atomic E-state index is 12.1. The zero-order valence-electron chi connectivity index (χ0n) is 13.2. The molecule has 0 radical (unpaired) electrons. The number of pyridine rings is 1. The molecule has 0 saturated heterocycles. The van der Waals surface area contributed by atoms with E-state index in [0.29, 0.717) is 5.75 Å². The van der Waals surface area contributed by atoms with Crippen LogP contribution in [0.5, 0.6) is 5.75 Å². The van der Waals surface area contributed by atoms with Crippen molar-refractivity contribution in [1.29, 1.82) is 0 Å². The molecule has 1 rings (SSSR count). The minimum atomic E-state index is -0.628. The minimum Gasteiger partial charge on any atom is -0.493 e. The molecule has 0 bridgehead atoms. The topological polar surface area (TPSA) is 80.8 Å². The fourth-order valence-electron chi connectivity index (χ4n) is 1.51. The van der Waals surface area contributed by atoms with E-state index >= 15 is 0 Å². The van der Waals surface area contributed by atoms with Crippen LogP contribution >= 0.6 is 0 Å². The Hall–Kier alpha value is -2.31. The molecular formula is C14H21N3O4. The van der Waals surface area contributed by atoms with Crippen LogP contribution in [-0.2, 0) is 4.74 Å². The number of carbonyl (C=O) groups excluding carboxylic acids is 2. The number of aromatic nitrogens is 1. The molecule has 116 valence electrons. The molecule has 0 saturated carbocycles. The largest absolute Gasteiger partial charge is 0.493 e. The number of carbonyl (C=O) groups is 2. The number of anilines is 1. The van der Waals surface area contributed by atoms with Crippen LogP contribution in [0.3, 0.4) is 0 Å². The van der Waals surface area contributed by atoms with E-state index in [9.17, 15) is 9.59 Å². The van der Waals surface area contributed by atoms with E-state index in [-0.39, 0.29) is 17.4 Å². The predicted molar refractivity (Wildman–Crippen MR) is 78.8 cm³/mol. The lowest BCUT2D eigenvalue weighted by molar-refractivity contribution is 0.0587. The Morgan fingerprint density at radius 3 is 2.38 bits per heavy atom. The Kier molecular flexibility index (Phi) is 5.12. The van der Waals surface area contributed by atoms with Gasteiger partial charge < -0.3 is 14.8 Å². The maximum Gasteiger partial charge on any atom is 0.415 e. The van der Waals surface area contributed by atoms with Crippen LogP contribution in [0, 0.1) is 0 Å². The van der Waals surface area contributed by atoms with Crippen LogP contribution in [0.25, 0.3) is 0 Å². The number of nitrogens with one attached hydrogen (secondary N) is 1. The molecule has 0 atom stereocenters. The first-order chi connectivity index (χ1) is 9.69. The van der Waals surface area contributed by atoms with Gasteiger partial charge in [-0.2, -0.15) is 0 Å². The molecule has 0 spiro atoms. The van der Waals surface area contributed by atoms with Crippen LogP contribution < -0.4 is 15.0 Å². The predicted octanol–water partition coefficient (Wildman–Crippen LogP) is 1.82. The van der Waals surface area contributed by atoms with Gasteiger partial charge in [0.2, 0.25) is 0 Å². The van der Waals surface area contributed by atoms with Crippen LogP contribution in [0.1, 0.15) is 31.3 Å². The van der Waals surface area contributed by atoms with Gasteiger partial charge in [-0.05, 0) is 32.9 Å². The van der Waals surface area contributed by atoms with Crippen molar-refractivity contribution in [2.75, 3.05) is 26.1 Å². The van der Waals surface area contributed by atoms with E-state index < -0.39 is 11.7 Å². The molecule has 0 fully saturated rings. The van der Waals surface area contributed by atoms with Crippen LogP contribution in [-0.4, -0.2) is 43.8 Å². The van der Waals surface area contributed by atoms with Gasteiger partial charge in [-0.15, -0.1) is 0 Å². The molecule has 1 N–H and O–H groups in total. The molecule has 0 aliphatic rings. The summed E-state index contributed by atoms with van der Waals surface area (Å²) >= 11 is 0. The summed E-state index contributed by atoms with van der Waals surface area (Å²) in [5.41, 5.74) is -0.444. The minimum absolute atomic E-state index is 0.184. The van der Waals surface area contributed by atoms with Gasteiger partial charge in [0.1, 0.15) is 11.3 Å². The Labute approximate surface area is 124 Å². The summed E-state index contributed by atoms with van der Waals surface area (Å²) in [6.45, 7) is 5.30. The number of ether oxygens (including phenoxy) is 2. The van der Waals surface area contributed by atoms with Crippen molar-refractivity contribution in [3.63, 3.8) is 0 Å². The van der Waals surface area contributed by atoms with E-state index in [1.807, 2.05) is 0 Å². The fraction of sp³-hybridized carbons (Fsp3) is 0.500. The Morgan fingerprint density at radius 2 is 1.90 bits per heavy atom. The number of hydrogen-bond donors (Lipinski definition) is 1. The monoisotopic (exact) mass is 295 g/mol. The second-order valence-corrected chi connectivity index (χ2v) is 5.34. The molecular weight excluding hydrogens is 274 g/mol. The van der Waals surface area contributed by atoms with Gasteiger partial charge in [0.05, 0.1) is 7.11 Å². The van der Waals surface area contributed by atoms with E-state index in [4.69, 9.17) is 9.47 Å². The number of methoxy groups -OCH3 is 1. The van der Waals surface area contributed by atoms with Gasteiger partial charge in [0.15, 0.2) is 11.6 Å². The van der Waals surface area contributed by atoms with Crippen LogP contribution in [0.15, 0.2) is 12.1 Å². The van der Waals surface area contributed by atoms with Gasteiger partial charge in [0, 0.05) is 14.1 Å². The molecule has 7 nitrogen and oxygen atoms in total. The molecule has 2 amide bonds. The van der Waals surface area contributed by atoms with Crippen molar-refractivity contribution in [3.8, 4) is 5.75 Å².